The Morgan fingerprint density at radius 3 is 2.27 bits per heavy atom. The van der Waals surface area contributed by atoms with Gasteiger partial charge in [0.2, 0.25) is 0 Å². The fourth-order valence-electron chi connectivity index (χ4n) is 6.21. The average Bonchev–Trinajstić information content (AvgIpc) is 3.38. The lowest BCUT2D eigenvalue weighted by molar-refractivity contribution is 0.423. The summed E-state index contributed by atoms with van der Waals surface area (Å²) in [5.74, 6) is 0.456. The molecule has 2 nitrogen and oxygen atoms in total. The van der Waals surface area contributed by atoms with E-state index in [4.69, 9.17) is 0 Å². The highest BCUT2D eigenvalue weighted by molar-refractivity contribution is 6.08. The Hall–Kier alpha value is -3.78. The number of hydrogen-bond donors (Lipinski definition) is 0. The van der Waals surface area contributed by atoms with E-state index in [0.717, 1.165) is 12.8 Å². The number of rotatable bonds is 2. The van der Waals surface area contributed by atoms with Crippen molar-refractivity contribution >= 4 is 27.5 Å². The molecule has 2 aliphatic carbocycles. The van der Waals surface area contributed by atoms with E-state index in [0.29, 0.717) is 5.92 Å². The Kier molecular flexibility index (Phi) is 3.90. The van der Waals surface area contributed by atoms with E-state index in [1.165, 1.54) is 44.5 Å². The number of aromatic nitrogens is 1. The van der Waals surface area contributed by atoms with Crippen LogP contribution in [-0.4, -0.2) is 4.57 Å². The normalized spacial score (nSPS) is 23.5. The second kappa shape index (κ2) is 6.86. The predicted octanol–water partition coefficient (Wildman–Crippen LogP) is 7.80. The summed E-state index contributed by atoms with van der Waals surface area (Å²) >= 11 is 0. The van der Waals surface area contributed by atoms with Gasteiger partial charge in [-0.15, -0.1) is 0 Å². The summed E-state index contributed by atoms with van der Waals surface area (Å²) in [6.45, 7) is 2.38. The van der Waals surface area contributed by atoms with Crippen LogP contribution in [0.25, 0.3) is 21.8 Å². The van der Waals surface area contributed by atoms with Crippen LogP contribution in [0.2, 0.25) is 0 Å². The zero-order chi connectivity index (χ0) is 22.0. The lowest BCUT2D eigenvalue weighted by Gasteiger charge is -2.37. The van der Waals surface area contributed by atoms with Crippen molar-refractivity contribution in [3.05, 3.63) is 126 Å². The van der Waals surface area contributed by atoms with Crippen LogP contribution in [0.1, 0.15) is 31.2 Å². The second-order valence-electron chi connectivity index (χ2n) is 9.62. The van der Waals surface area contributed by atoms with Gasteiger partial charge in [0.05, 0.1) is 5.54 Å². The summed E-state index contributed by atoms with van der Waals surface area (Å²) in [6, 6.07) is 26.6. The first kappa shape index (κ1) is 18.8. The molecule has 0 N–H and O–H groups in total. The third kappa shape index (κ3) is 2.61. The van der Waals surface area contributed by atoms with Crippen molar-refractivity contribution in [1.82, 2.24) is 4.57 Å². The number of nitrogens with zero attached hydrogens (tertiary/aromatic N) is 2. The molecule has 0 spiro atoms. The van der Waals surface area contributed by atoms with Gasteiger partial charge in [-0.05, 0) is 49.3 Å². The molecule has 2 atom stereocenters. The van der Waals surface area contributed by atoms with Crippen LogP contribution in [0.5, 0.6) is 0 Å². The SMILES string of the molecule is C[C@]1(n2c3ccccc3c3ccccc32)C=CC=C(N2C3=CC=CCC3c3ccccc32)C1. The zero-order valence-electron chi connectivity index (χ0n) is 18.8. The zero-order valence-corrected chi connectivity index (χ0v) is 18.8. The average molecular weight is 427 g/mol. The van der Waals surface area contributed by atoms with Gasteiger partial charge in [-0.1, -0.05) is 78.9 Å². The molecule has 33 heavy (non-hydrogen) atoms. The van der Waals surface area contributed by atoms with E-state index < -0.39 is 0 Å². The Morgan fingerprint density at radius 1 is 0.788 bits per heavy atom. The summed E-state index contributed by atoms with van der Waals surface area (Å²) in [7, 11) is 0. The molecule has 3 aliphatic rings. The molecule has 0 saturated carbocycles. The van der Waals surface area contributed by atoms with E-state index in [2.05, 4.69) is 126 Å². The summed E-state index contributed by atoms with van der Waals surface area (Å²) in [5, 5.41) is 2.65. The van der Waals surface area contributed by atoms with Gasteiger partial charge in [0.25, 0.3) is 0 Å². The van der Waals surface area contributed by atoms with Gasteiger partial charge in [-0.3, -0.25) is 0 Å². The minimum Gasteiger partial charge on any atom is -0.331 e. The predicted molar refractivity (Wildman–Crippen MR) is 138 cm³/mol. The third-order valence-electron chi connectivity index (χ3n) is 7.60. The first-order chi connectivity index (χ1) is 16.2. The summed E-state index contributed by atoms with van der Waals surface area (Å²) in [6.07, 6.45) is 15.8. The largest absolute Gasteiger partial charge is 0.331 e. The molecule has 160 valence electrons. The highest BCUT2D eigenvalue weighted by atomic mass is 15.2. The van der Waals surface area contributed by atoms with Crippen molar-refractivity contribution < 1.29 is 0 Å². The van der Waals surface area contributed by atoms with Gasteiger partial charge >= 0.3 is 0 Å². The van der Waals surface area contributed by atoms with E-state index in [1.807, 2.05) is 0 Å². The van der Waals surface area contributed by atoms with Gasteiger partial charge < -0.3 is 9.47 Å². The lowest BCUT2D eigenvalue weighted by atomic mass is 9.89. The van der Waals surface area contributed by atoms with Gasteiger partial charge in [-0.25, -0.2) is 0 Å². The van der Waals surface area contributed by atoms with Crippen molar-refractivity contribution in [3.63, 3.8) is 0 Å². The molecule has 0 radical (unpaired) electrons. The van der Waals surface area contributed by atoms with Crippen molar-refractivity contribution in [3.8, 4) is 0 Å². The molecule has 3 aromatic carbocycles. The number of allylic oxidation sites excluding steroid dienone is 8. The molecule has 1 unspecified atom stereocenters. The molecule has 1 aliphatic heterocycles. The summed E-state index contributed by atoms with van der Waals surface area (Å²) in [5.41, 5.74) is 7.98. The quantitative estimate of drug-likeness (QED) is 0.317. The molecule has 2 heteroatoms. The lowest BCUT2D eigenvalue weighted by Crippen LogP contribution is -2.34. The molecule has 4 aromatic rings. The molecule has 7 rings (SSSR count). The fraction of sp³-hybridized carbons (Fsp3) is 0.161. The fourth-order valence-corrected chi connectivity index (χ4v) is 6.21. The molecule has 0 fully saturated rings. The minimum atomic E-state index is -0.162. The van der Waals surface area contributed by atoms with Crippen molar-refractivity contribution in [2.45, 2.75) is 31.2 Å². The number of para-hydroxylation sites is 3. The van der Waals surface area contributed by atoms with Crippen LogP contribution in [0.3, 0.4) is 0 Å². The first-order valence-corrected chi connectivity index (χ1v) is 11.9. The number of fused-ring (bicyclic) bond motifs is 6. The van der Waals surface area contributed by atoms with E-state index in [9.17, 15) is 0 Å². The Labute approximate surface area is 194 Å². The van der Waals surface area contributed by atoms with Crippen molar-refractivity contribution in [2.75, 3.05) is 4.90 Å². The van der Waals surface area contributed by atoms with Crippen molar-refractivity contribution in [2.24, 2.45) is 0 Å². The van der Waals surface area contributed by atoms with Crippen LogP contribution < -0.4 is 4.90 Å². The summed E-state index contributed by atoms with van der Waals surface area (Å²) in [4.78, 5) is 2.53. The standard InChI is InChI=1S/C31H26N2/c1-31(33-29-18-8-4-14-25(29)26-15-5-9-19-30(26)33)20-10-11-22(21-31)32-27-16-6-2-12-23(27)24-13-3-7-17-28(24)32/h2-12,14-20,24H,13,21H2,1H3/t24?,31-/m0/s1. The van der Waals surface area contributed by atoms with Crippen LogP contribution in [-0.2, 0) is 5.54 Å². The Balaban J connectivity index is 1.39. The molecular weight excluding hydrogens is 400 g/mol. The summed E-state index contributed by atoms with van der Waals surface area (Å²) < 4.78 is 2.55. The maximum absolute atomic E-state index is 2.55. The van der Waals surface area contributed by atoms with Gasteiger partial charge in [0.15, 0.2) is 0 Å². The first-order valence-electron chi connectivity index (χ1n) is 11.9. The van der Waals surface area contributed by atoms with Gasteiger partial charge in [-0.2, -0.15) is 0 Å². The highest BCUT2D eigenvalue weighted by Crippen LogP contribution is 2.51. The van der Waals surface area contributed by atoms with Gasteiger partial charge in [0.1, 0.15) is 0 Å². The van der Waals surface area contributed by atoms with Crippen molar-refractivity contribution in [1.29, 1.82) is 0 Å². The molecule has 1 aromatic heterocycles. The van der Waals surface area contributed by atoms with E-state index >= 15 is 0 Å². The molecular formula is C31H26N2. The molecule has 2 heterocycles. The highest BCUT2D eigenvalue weighted by Gasteiger charge is 2.39. The maximum atomic E-state index is 2.55. The number of hydrogen-bond acceptors (Lipinski definition) is 1. The number of anilines is 1. The third-order valence-corrected chi connectivity index (χ3v) is 7.60. The molecule has 0 amide bonds. The van der Waals surface area contributed by atoms with E-state index in [-0.39, 0.29) is 5.54 Å². The van der Waals surface area contributed by atoms with Gasteiger partial charge in [0, 0.05) is 51.2 Å². The molecule has 0 bridgehead atoms. The minimum absolute atomic E-state index is 0.162. The topological polar surface area (TPSA) is 8.17 Å². The molecule has 0 saturated heterocycles. The monoisotopic (exact) mass is 426 g/mol. The Bertz CT molecular complexity index is 1490. The smallest absolute Gasteiger partial charge is 0.0663 e. The van der Waals surface area contributed by atoms with Crippen LogP contribution >= 0.6 is 0 Å². The van der Waals surface area contributed by atoms with E-state index in [1.54, 1.807) is 0 Å². The number of benzene rings is 3. The van der Waals surface area contributed by atoms with Crippen LogP contribution in [0.4, 0.5) is 5.69 Å². The van der Waals surface area contributed by atoms with Crippen LogP contribution in [0.15, 0.2) is 121 Å². The maximum Gasteiger partial charge on any atom is 0.0663 e. The second-order valence-corrected chi connectivity index (χ2v) is 9.62. The van der Waals surface area contributed by atoms with Crippen LogP contribution in [0, 0.1) is 0 Å². The Morgan fingerprint density at radius 2 is 1.48 bits per heavy atom.